The highest BCUT2D eigenvalue weighted by molar-refractivity contribution is 6.03. The molecule has 2 aliphatic heterocycles. The number of nitrogens with two attached hydrogens (primary N) is 1. The third kappa shape index (κ3) is 2.08. The second kappa shape index (κ2) is 5.28. The minimum atomic E-state index is -0.236. The molecular weight excluding hydrogens is 290 g/mol. The minimum absolute atomic E-state index is 0.0228. The van der Waals surface area contributed by atoms with Crippen LogP contribution in [0.25, 0.3) is 0 Å². The molecule has 0 fully saturated rings. The van der Waals surface area contributed by atoms with Crippen molar-refractivity contribution < 1.29 is 9.53 Å². The minimum Gasteiger partial charge on any atom is -0.496 e. The lowest BCUT2D eigenvalue weighted by molar-refractivity contribution is 0.0924. The first-order valence-electron chi connectivity index (χ1n) is 7.79. The van der Waals surface area contributed by atoms with Crippen LogP contribution in [0.15, 0.2) is 42.5 Å². The summed E-state index contributed by atoms with van der Waals surface area (Å²) in [4.78, 5) is 14.8. The van der Waals surface area contributed by atoms with Crippen molar-refractivity contribution in [3.05, 3.63) is 59.2 Å². The Morgan fingerprint density at radius 2 is 1.96 bits per heavy atom. The normalized spacial score (nSPS) is 22.3. The van der Waals surface area contributed by atoms with Crippen molar-refractivity contribution in [2.45, 2.75) is 18.6 Å². The first kappa shape index (κ1) is 14.1. The van der Waals surface area contributed by atoms with Gasteiger partial charge in [-0.1, -0.05) is 30.3 Å². The molecule has 23 heavy (non-hydrogen) atoms. The van der Waals surface area contributed by atoms with Crippen LogP contribution in [0.4, 0.5) is 5.69 Å². The summed E-state index contributed by atoms with van der Waals surface area (Å²) in [5, 5.41) is 3.11. The van der Waals surface area contributed by atoms with Crippen molar-refractivity contribution in [1.82, 2.24) is 5.32 Å². The molecule has 0 radical (unpaired) electrons. The number of benzene rings is 2. The maximum absolute atomic E-state index is 12.6. The number of methoxy groups -OCH3 is 1. The van der Waals surface area contributed by atoms with Crippen LogP contribution in [0.1, 0.15) is 40.1 Å². The standard InChI is InChI=1S/C18H19N3O2/c1-23-15-8-3-2-5-12(15)17-20-18(22)13-7-4-6-11-14(19)9-10-21(17)16(11)13/h2-8,14,17H,9-10,19H2,1H3,(H,20,22)/t14-,17+/m1/s1. The number of nitrogens with one attached hydrogen (secondary N) is 1. The monoisotopic (exact) mass is 309 g/mol. The van der Waals surface area contributed by atoms with Crippen molar-refractivity contribution in [2.75, 3.05) is 18.6 Å². The van der Waals surface area contributed by atoms with Gasteiger partial charge in [-0.05, 0) is 24.1 Å². The Morgan fingerprint density at radius 3 is 2.78 bits per heavy atom. The number of hydrogen-bond acceptors (Lipinski definition) is 4. The molecule has 118 valence electrons. The third-order valence-corrected chi connectivity index (χ3v) is 4.69. The zero-order chi connectivity index (χ0) is 16.0. The van der Waals surface area contributed by atoms with Gasteiger partial charge in [0.1, 0.15) is 11.9 Å². The molecule has 5 nitrogen and oxygen atoms in total. The molecule has 1 amide bonds. The summed E-state index contributed by atoms with van der Waals surface area (Å²) in [6.45, 7) is 0.800. The van der Waals surface area contributed by atoms with Gasteiger partial charge < -0.3 is 20.7 Å². The van der Waals surface area contributed by atoms with Gasteiger partial charge in [0, 0.05) is 18.2 Å². The van der Waals surface area contributed by atoms with E-state index in [1.165, 1.54) is 0 Å². The van der Waals surface area contributed by atoms with Crippen LogP contribution in [-0.2, 0) is 0 Å². The second-order valence-electron chi connectivity index (χ2n) is 5.95. The van der Waals surface area contributed by atoms with Gasteiger partial charge in [0.2, 0.25) is 0 Å². The Balaban J connectivity index is 1.88. The summed E-state index contributed by atoms with van der Waals surface area (Å²) in [5.41, 5.74) is 9.92. The van der Waals surface area contributed by atoms with Crippen LogP contribution in [0.3, 0.4) is 0 Å². The van der Waals surface area contributed by atoms with E-state index < -0.39 is 0 Å². The zero-order valence-electron chi connectivity index (χ0n) is 13.0. The van der Waals surface area contributed by atoms with Crippen molar-refractivity contribution >= 4 is 11.6 Å². The van der Waals surface area contributed by atoms with Gasteiger partial charge in [0.05, 0.1) is 18.4 Å². The Kier molecular flexibility index (Phi) is 3.23. The third-order valence-electron chi connectivity index (χ3n) is 4.69. The summed E-state index contributed by atoms with van der Waals surface area (Å²) in [6, 6.07) is 13.6. The van der Waals surface area contributed by atoms with E-state index in [2.05, 4.69) is 10.2 Å². The molecule has 0 aromatic heterocycles. The van der Waals surface area contributed by atoms with Crippen LogP contribution in [0.5, 0.6) is 5.75 Å². The highest BCUT2D eigenvalue weighted by Gasteiger charge is 2.37. The molecule has 5 heteroatoms. The molecular formula is C18H19N3O2. The number of carbonyl (C=O) groups is 1. The Labute approximate surface area is 135 Å². The molecule has 2 atom stereocenters. The Morgan fingerprint density at radius 1 is 1.17 bits per heavy atom. The summed E-state index contributed by atoms with van der Waals surface area (Å²) in [7, 11) is 1.65. The summed E-state index contributed by atoms with van der Waals surface area (Å²) in [6.07, 6.45) is 0.623. The first-order valence-corrected chi connectivity index (χ1v) is 7.79. The molecule has 0 bridgehead atoms. The second-order valence-corrected chi connectivity index (χ2v) is 5.95. The van der Waals surface area contributed by atoms with Gasteiger partial charge in [-0.25, -0.2) is 0 Å². The van der Waals surface area contributed by atoms with E-state index in [1.54, 1.807) is 7.11 Å². The van der Waals surface area contributed by atoms with E-state index in [0.717, 1.165) is 35.5 Å². The smallest absolute Gasteiger partial charge is 0.255 e. The molecule has 2 heterocycles. The fourth-order valence-electron chi connectivity index (χ4n) is 3.59. The largest absolute Gasteiger partial charge is 0.496 e. The molecule has 2 aromatic rings. The molecule has 2 aromatic carbocycles. The van der Waals surface area contributed by atoms with Crippen molar-refractivity contribution in [1.29, 1.82) is 0 Å². The SMILES string of the molecule is COc1ccccc1[C@H]1NC(=O)c2cccc3c2N1CC[C@H]3N. The predicted octanol–water partition coefficient (Wildman–Crippen LogP) is 2.35. The summed E-state index contributed by atoms with van der Waals surface area (Å²) >= 11 is 0. The zero-order valence-corrected chi connectivity index (χ0v) is 13.0. The van der Waals surface area contributed by atoms with E-state index in [4.69, 9.17) is 10.5 Å². The topological polar surface area (TPSA) is 67.6 Å². The summed E-state index contributed by atoms with van der Waals surface area (Å²) in [5.74, 6) is 0.705. The van der Waals surface area contributed by atoms with Crippen LogP contribution < -0.4 is 20.7 Å². The lowest BCUT2D eigenvalue weighted by Gasteiger charge is -2.44. The fraction of sp³-hybridized carbons (Fsp3) is 0.278. The molecule has 4 rings (SSSR count). The van der Waals surface area contributed by atoms with Crippen LogP contribution in [0, 0.1) is 0 Å². The Hall–Kier alpha value is -2.53. The average molecular weight is 309 g/mol. The van der Waals surface area contributed by atoms with Gasteiger partial charge in [-0.3, -0.25) is 4.79 Å². The maximum Gasteiger partial charge on any atom is 0.255 e. The maximum atomic E-state index is 12.6. The molecule has 0 aliphatic carbocycles. The van der Waals surface area contributed by atoms with Crippen molar-refractivity contribution in [3.63, 3.8) is 0 Å². The van der Waals surface area contributed by atoms with Crippen molar-refractivity contribution in [2.24, 2.45) is 5.73 Å². The van der Waals surface area contributed by atoms with E-state index in [1.807, 2.05) is 42.5 Å². The van der Waals surface area contributed by atoms with E-state index >= 15 is 0 Å². The average Bonchev–Trinajstić information content (AvgIpc) is 2.60. The molecule has 0 saturated carbocycles. The van der Waals surface area contributed by atoms with Gasteiger partial charge in [0.15, 0.2) is 0 Å². The number of carbonyl (C=O) groups excluding carboxylic acids is 1. The number of nitrogens with zero attached hydrogens (tertiary/aromatic N) is 1. The number of anilines is 1. The van der Waals surface area contributed by atoms with Crippen LogP contribution in [0.2, 0.25) is 0 Å². The molecule has 0 unspecified atom stereocenters. The first-order chi connectivity index (χ1) is 11.2. The van der Waals surface area contributed by atoms with E-state index in [0.29, 0.717) is 5.56 Å². The molecule has 3 N–H and O–H groups in total. The quantitative estimate of drug-likeness (QED) is 0.893. The number of ether oxygens (including phenoxy) is 1. The van der Waals surface area contributed by atoms with Gasteiger partial charge in [-0.2, -0.15) is 0 Å². The van der Waals surface area contributed by atoms with Gasteiger partial charge in [-0.15, -0.1) is 0 Å². The van der Waals surface area contributed by atoms with Gasteiger partial charge in [0.25, 0.3) is 5.91 Å². The Bertz CT molecular complexity index is 775. The number of amides is 1. The van der Waals surface area contributed by atoms with Crippen LogP contribution in [-0.4, -0.2) is 19.6 Å². The van der Waals surface area contributed by atoms with Crippen LogP contribution >= 0.6 is 0 Å². The molecule has 0 saturated heterocycles. The number of rotatable bonds is 2. The van der Waals surface area contributed by atoms with Crippen molar-refractivity contribution in [3.8, 4) is 5.75 Å². The predicted molar refractivity (Wildman–Crippen MR) is 88.5 cm³/mol. The van der Waals surface area contributed by atoms with Gasteiger partial charge >= 0.3 is 0 Å². The summed E-state index contributed by atoms with van der Waals surface area (Å²) < 4.78 is 5.48. The molecule has 0 spiro atoms. The number of hydrogen-bond donors (Lipinski definition) is 2. The lowest BCUT2D eigenvalue weighted by Crippen LogP contribution is -2.49. The lowest BCUT2D eigenvalue weighted by atomic mass is 9.90. The van der Waals surface area contributed by atoms with E-state index in [-0.39, 0.29) is 18.1 Å². The highest BCUT2D eigenvalue weighted by atomic mass is 16.5. The molecule has 2 aliphatic rings. The van der Waals surface area contributed by atoms with E-state index in [9.17, 15) is 4.79 Å². The fourth-order valence-corrected chi connectivity index (χ4v) is 3.59. The number of para-hydroxylation sites is 2. The highest BCUT2D eigenvalue weighted by Crippen LogP contribution is 2.43.